The number of urea groups is 1. The Morgan fingerprint density at radius 2 is 2.22 bits per heavy atom. The summed E-state index contributed by atoms with van der Waals surface area (Å²) in [4.78, 5) is 16.1. The predicted octanol–water partition coefficient (Wildman–Crippen LogP) is 4.02. The fourth-order valence-electron chi connectivity index (χ4n) is 5.11. The maximum absolute atomic E-state index is 12.4. The van der Waals surface area contributed by atoms with E-state index in [0.717, 1.165) is 25.2 Å². The molecule has 1 aromatic carbocycles. The molecule has 1 unspecified atom stereocenters. The van der Waals surface area contributed by atoms with Crippen molar-refractivity contribution >= 4 is 23.1 Å². The molecule has 3 fully saturated rings. The van der Waals surface area contributed by atoms with Crippen LogP contribution in [0.1, 0.15) is 30.0 Å². The molecule has 7 nitrogen and oxygen atoms in total. The number of anilines is 1. The molecule has 0 spiro atoms. The van der Waals surface area contributed by atoms with E-state index in [4.69, 9.17) is 10.4 Å². The summed E-state index contributed by atoms with van der Waals surface area (Å²) >= 11 is 1.72. The van der Waals surface area contributed by atoms with Crippen molar-refractivity contribution < 1.29 is 4.79 Å². The Balaban J connectivity index is 1.19. The summed E-state index contributed by atoms with van der Waals surface area (Å²) in [7, 11) is 2.05. The van der Waals surface area contributed by atoms with E-state index in [1.165, 1.54) is 17.0 Å². The standard InChI is InChI=1S/C24H26N6OS/c1-29-22(12-21(28-29)23-6-3-9-32-23)20-15-30-8-7-17(20)11-19(30)14-26-24(31)27-18-5-2-4-16(10-18)13-25/h2-6,9-10,12,17,19-20H,7-8,11,14-15H2,1H3,(H2,26,27,31)/t17-,19+,20+/m0/s1. The molecule has 164 valence electrons. The predicted molar refractivity (Wildman–Crippen MR) is 126 cm³/mol. The van der Waals surface area contributed by atoms with Gasteiger partial charge in [0.15, 0.2) is 0 Å². The highest BCUT2D eigenvalue weighted by Crippen LogP contribution is 2.42. The number of amides is 2. The van der Waals surface area contributed by atoms with Crippen molar-refractivity contribution in [1.29, 1.82) is 5.26 Å². The molecule has 2 bridgehead atoms. The number of fused-ring (bicyclic) bond motifs is 3. The van der Waals surface area contributed by atoms with Crippen LogP contribution in [-0.4, -0.2) is 46.4 Å². The second kappa shape index (κ2) is 8.77. The zero-order valence-electron chi connectivity index (χ0n) is 18.0. The van der Waals surface area contributed by atoms with Crippen molar-refractivity contribution in [2.45, 2.75) is 24.8 Å². The molecule has 8 heteroatoms. The molecular formula is C24H26N6OS. The lowest BCUT2D eigenvalue weighted by molar-refractivity contribution is 0.0296. The molecule has 2 amide bonds. The van der Waals surface area contributed by atoms with Gasteiger partial charge in [0.2, 0.25) is 0 Å². The molecule has 3 aliphatic rings. The number of nitriles is 1. The van der Waals surface area contributed by atoms with E-state index in [2.05, 4.69) is 56.9 Å². The molecule has 0 saturated carbocycles. The number of piperidine rings is 3. The number of carbonyl (C=O) groups excluding carboxylic acids is 1. The Morgan fingerprint density at radius 3 is 2.97 bits per heavy atom. The lowest BCUT2D eigenvalue weighted by atomic mass is 9.74. The van der Waals surface area contributed by atoms with Crippen molar-refractivity contribution in [1.82, 2.24) is 20.0 Å². The van der Waals surface area contributed by atoms with Gasteiger partial charge in [-0.05, 0) is 61.0 Å². The number of benzene rings is 1. The largest absolute Gasteiger partial charge is 0.336 e. The third-order valence-electron chi connectivity index (χ3n) is 6.70. The minimum absolute atomic E-state index is 0.230. The fraction of sp³-hybridized carbons (Fsp3) is 0.375. The Hall–Kier alpha value is -3.15. The van der Waals surface area contributed by atoms with Gasteiger partial charge in [0.05, 0.1) is 16.5 Å². The van der Waals surface area contributed by atoms with Gasteiger partial charge in [-0.3, -0.25) is 9.58 Å². The van der Waals surface area contributed by atoms with Gasteiger partial charge in [-0.15, -0.1) is 11.3 Å². The zero-order chi connectivity index (χ0) is 22.1. The van der Waals surface area contributed by atoms with Gasteiger partial charge < -0.3 is 10.6 Å². The van der Waals surface area contributed by atoms with E-state index in [1.54, 1.807) is 35.6 Å². The molecule has 6 rings (SSSR count). The lowest BCUT2D eigenvalue weighted by Crippen LogP contribution is -2.56. The molecule has 3 aliphatic heterocycles. The van der Waals surface area contributed by atoms with Crippen molar-refractivity contribution in [2.75, 3.05) is 25.0 Å². The van der Waals surface area contributed by atoms with Gasteiger partial charge in [-0.2, -0.15) is 10.4 Å². The number of hydrogen-bond donors (Lipinski definition) is 2. The van der Waals surface area contributed by atoms with Gasteiger partial charge in [0.25, 0.3) is 0 Å². The summed E-state index contributed by atoms with van der Waals surface area (Å²) in [5.41, 5.74) is 3.53. The second-order valence-corrected chi connectivity index (χ2v) is 9.57. The maximum atomic E-state index is 12.4. The van der Waals surface area contributed by atoms with Crippen molar-refractivity contribution in [3.05, 3.63) is 59.1 Å². The Kier molecular flexibility index (Phi) is 5.68. The number of nitrogens with one attached hydrogen (secondary N) is 2. The highest BCUT2D eigenvalue weighted by Gasteiger charge is 2.41. The third-order valence-corrected chi connectivity index (χ3v) is 7.59. The molecule has 3 saturated heterocycles. The van der Waals surface area contributed by atoms with E-state index in [1.807, 2.05) is 0 Å². The summed E-state index contributed by atoms with van der Waals surface area (Å²) < 4.78 is 2.05. The van der Waals surface area contributed by atoms with Gasteiger partial charge in [-0.1, -0.05) is 12.1 Å². The van der Waals surface area contributed by atoms with Gasteiger partial charge in [0.1, 0.15) is 5.69 Å². The lowest BCUT2D eigenvalue weighted by Gasteiger charge is -2.49. The second-order valence-electron chi connectivity index (χ2n) is 8.62. The van der Waals surface area contributed by atoms with Gasteiger partial charge in [0, 0.05) is 43.5 Å². The normalized spacial score (nSPS) is 24.1. The third kappa shape index (κ3) is 4.14. The summed E-state index contributed by atoms with van der Waals surface area (Å²) in [6.07, 6.45) is 2.27. The molecule has 4 atom stereocenters. The highest BCUT2D eigenvalue weighted by atomic mass is 32.1. The number of nitrogens with zero attached hydrogens (tertiary/aromatic N) is 4. The molecule has 0 radical (unpaired) electrons. The number of rotatable bonds is 5. The molecular weight excluding hydrogens is 420 g/mol. The van der Waals surface area contributed by atoms with Crippen LogP contribution in [-0.2, 0) is 7.05 Å². The Bertz CT molecular complexity index is 1150. The monoisotopic (exact) mass is 446 g/mol. The summed E-state index contributed by atoms with van der Waals surface area (Å²) in [5, 5.41) is 21.7. The van der Waals surface area contributed by atoms with Crippen LogP contribution < -0.4 is 10.6 Å². The van der Waals surface area contributed by atoms with Crippen LogP contribution in [0.4, 0.5) is 10.5 Å². The molecule has 5 heterocycles. The summed E-state index contributed by atoms with van der Waals surface area (Å²) in [6, 6.07) is 15.6. The average molecular weight is 447 g/mol. The SMILES string of the molecule is Cn1nc(-c2cccs2)cc1[C@@H]1CN2CC[C@H]1C[C@@H]2CNC(=O)Nc1cccc(C#N)c1. The fourth-order valence-corrected chi connectivity index (χ4v) is 5.79. The maximum Gasteiger partial charge on any atom is 0.319 e. The number of hydrogen-bond acceptors (Lipinski definition) is 5. The van der Waals surface area contributed by atoms with Crippen LogP contribution in [0.25, 0.3) is 10.6 Å². The quantitative estimate of drug-likeness (QED) is 0.620. The van der Waals surface area contributed by atoms with Crippen molar-refractivity contribution in [2.24, 2.45) is 13.0 Å². The van der Waals surface area contributed by atoms with Crippen LogP contribution in [0.15, 0.2) is 47.8 Å². The van der Waals surface area contributed by atoms with Crippen molar-refractivity contribution in [3.8, 4) is 16.6 Å². The smallest absolute Gasteiger partial charge is 0.319 e. The number of aromatic nitrogens is 2. The summed E-state index contributed by atoms with van der Waals surface area (Å²) in [6.45, 7) is 2.71. The molecule has 2 aromatic heterocycles. The van der Waals surface area contributed by atoms with Gasteiger partial charge in [-0.25, -0.2) is 4.79 Å². The zero-order valence-corrected chi connectivity index (χ0v) is 18.8. The van der Waals surface area contributed by atoms with Gasteiger partial charge >= 0.3 is 6.03 Å². The van der Waals surface area contributed by atoms with Crippen LogP contribution in [0.5, 0.6) is 0 Å². The van der Waals surface area contributed by atoms with Crippen molar-refractivity contribution in [3.63, 3.8) is 0 Å². The first-order valence-corrected chi connectivity index (χ1v) is 11.9. The first-order valence-electron chi connectivity index (χ1n) is 11.0. The Morgan fingerprint density at radius 1 is 1.31 bits per heavy atom. The molecule has 32 heavy (non-hydrogen) atoms. The molecule has 0 aliphatic carbocycles. The van der Waals surface area contributed by atoms with E-state index in [0.29, 0.717) is 35.7 Å². The molecule has 3 aromatic rings. The van der Waals surface area contributed by atoms with Crippen LogP contribution in [0, 0.1) is 17.2 Å². The first kappa shape index (κ1) is 20.7. The number of carbonyl (C=O) groups is 1. The van der Waals surface area contributed by atoms with Crippen LogP contribution in [0.2, 0.25) is 0 Å². The van der Waals surface area contributed by atoms with Crippen LogP contribution in [0.3, 0.4) is 0 Å². The number of aryl methyl sites for hydroxylation is 1. The van der Waals surface area contributed by atoms with E-state index in [9.17, 15) is 4.79 Å². The minimum atomic E-state index is -0.230. The van der Waals surface area contributed by atoms with Crippen LogP contribution >= 0.6 is 11.3 Å². The summed E-state index contributed by atoms with van der Waals surface area (Å²) in [5.74, 6) is 1.09. The number of thiophene rings is 1. The Labute approximate surface area is 191 Å². The van der Waals surface area contributed by atoms with E-state index >= 15 is 0 Å². The van der Waals surface area contributed by atoms with E-state index in [-0.39, 0.29) is 6.03 Å². The first-order chi connectivity index (χ1) is 15.6. The highest BCUT2D eigenvalue weighted by molar-refractivity contribution is 7.13. The average Bonchev–Trinajstić information content (AvgIpc) is 3.48. The topological polar surface area (TPSA) is 86.0 Å². The molecule has 2 N–H and O–H groups in total. The minimum Gasteiger partial charge on any atom is -0.336 e. The van der Waals surface area contributed by atoms with E-state index < -0.39 is 0 Å².